The molecule has 0 bridgehead atoms. The SMILES string of the molecule is CN1CCCC(CN=C(N)c2ccccc2)C1. The number of nitrogens with zero attached hydrogens (tertiary/aromatic N) is 2. The number of hydrogen-bond acceptors (Lipinski definition) is 2. The Morgan fingerprint density at radius 1 is 1.41 bits per heavy atom. The number of amidine groups is 1. The Kier molecular flexibility index (Phi) is 4.15. The van der Waals surface area contributed by atoms with Crippen molar-refractivity contribution in [1.82, 2.24) is 4.90 Å². The lowest BCUT2D eigenvalue weighted by Gasteiger charge is -2.28. The minimum atomic E-state index is 0.663. The Morgan fingerprint density at radius 2 is 2.18 bits per heavy atom. The van der Waals surface area contributed by atoms with Crippen molar-refractivity contribution >= 4 is 5.84 Å². The van der Waals surface area contributed by atoms with Gasteiger partial charge >= 0.3 is 0 Å². The molecule has 1 aromatic rings. The highest BCUT2D eigenvalue weighted by molar-refractivity contribution is 5.97. The highest BCUT2D eigenvalue weighted by Crippen LogP contribution is 2.15. The minimum Gasteiger partial charge on any atom is -0.384 e. The average molecular weight is 231 g/mol. The van der Waals surface area contributed by atoms with Crippen LogP contribution in [-0.2, 0) is 0 Å². The lowest BCUT2D eigenvalue weighted by Crippen LogP contribution is -2.33. The van der Waals surface area contributed by atoms with Crippen molar-refractivity contribution in [2.45, 2.75) is 12.8 Å². The van der Waals surface area contributed by atoms with Gasteiger partial charge in [-0.25, -0.2) is 0 Å². The minimum absolute atomic E-state index is 0.663. The molecule has 0 spiro atoms. The van der Waals surface area contributed by atoms with E-state index in [1.165, 1.54) is 19.4 Å². The number of piperidine rings is 1. The normalized spacial score (nSPS) is 22.6. The molecule has 1 heterocycles. The van der Waals surface area contributed by atoms with Crippen molar-refractivity contribution in [2.75, 3.05) is 26.7 Å². The largest absolute Gasteiger partial charge is 0.384 e. The molecule has 3 nitrogen and oxygen atoms in total. The van der Waals surface area contributed by atoms with Gasteiger partial charge in [-0.1, -0.05) is 30.3 Å². The van der Waals surface area contributed by atoms with Crippen molar-refractivity contribution < 1.29 is 0 Å². The first-order valence-corrected chi connectivity index (χ1v) is 6.29. The third kappa shape index (κ3) is 3.56. The molecule has 1 unspecified atom stereocenters. The molecule has 2 N–H and O–H groups in total. The summed E-state index contributed by atoms with van der Waals surface area (Å²) in [6.45, 7) is 3.21. The van der Waals surface area contributed by atoms with Crippen LogP contribution in [0.1, 0.15) is 18.4 Å². The summed E-state index contributed by atoms with van der Waals surface area (Å²) in [5.74, 6) is 1.33. The number of hydrogen-bond donors (Lipinski definition) is 1. The van der Waals surface area contributed by atoms with Crippen LogP contribution in [-0.4, -0.2) is 37.4 Å². The molecule has 1 aliphatic heterocycles. The van der Waals surface area contributed by atoms with Crippen molar-refractivity contribution in [3.05, 3.63) is 35.9 Å². The third-order valence-corrected chi connectivity index (χ3v) is 3.31. The van der Waals surface area contributed by atoms with E-state index in [1.54, 1.807) is 0 Å². The zero-order valence-electron chi connectivity index (χ0n) is 10.5. The lowest BCUT2D eigenvalue weighted by molar-refractivity contribution is 0.214. The second kappa shape index (κ2) is 5.82. The van der Waals surface area contributed by atoms with E-state index in [4.69, 9.17) is 5.73 Å². The molecule has 0 radical (unpaired) electrons. The predicted molar refractivity (Wildman–Crippen MR) is 72.3 cm³/mol. The summed E-state index contributed by atoms with van der Waals surface area (Å²) in [6, 6.07) is 9.99. The smallest absolute Gasteiger partial charge is 0.125 e. The van der Waals surface area contributed by atoms with Gasteiger partial charge in [0.25, 0.3) is 0 Å². The van der Waals surface area contributed by atoms with Gasteiger partial charge < -0.3 is 10.6 Å². The molecule has 0 aromatic heterocycles. The molecule has 0 amide bonds. The topological polar surface area (TPSA) is 41.6 Å². The first-order valence-electron chi connectivity index (χ1n) is 6.29. The fraction of sp³-hybridized carbons (Fsp3) is 0.500. The Morgan fingerprint density at radius 3 is 2.88 bits per heavy atom. The molecule has 1 fully saturated rings. The molecule has 1 atom stereocenters. The third-order valence-electron chi connectivity index (χ3n) is 3.31. The Hall–Kier alpha value is -1.35. The van der Waals surface area contributed by atoms with E-state index in [0.29, 0.717) is 11.8 Å². The monoisotopic (exact) mass is 231 g/mol. The van der Waals surface area contributed by atoms with Gasteiger partial charge in [0.05, 0.1) is 0 Å². The molecule has 1 saturated heterocycles. The van der Waals surface area contributed by atoms with Crippen LogP contribution in [0.15, 0.2) is 35.3 Å². The van der Waals surface area contributed by atoms with Gasteiger partial charge in [-0.2, -0.15) is 0 Å². The highest BCUT2D eigenvalue weighted by atomic mass is 15.1. The van der Waals surface area contributed by atoms with Crippen LogP contribution in [0, 0.1) is 5.92 Å². The maximum atomic E-state index is 5.98. The summed E-state index contributed by atoms with van der Waals surface area (Å²) < 4.78 is 0. The van der Waals surface area contributed by atoms with E-state index in [2.05, 4.69) is 16.9 Å². The molecule has 17 heavy (non-hydrogen) atoms. The second-order valence-corrected chi connectivity index (χ2v) is 4.86. The standard InChI is InChI=1S/C14H21N3/c1-17-9-5-6-12(11-17)10-16-14(15)13-7-3-2-4-8-13/h2-4,7-8,12H,5-6,9-11H2,1H3,(H2,15,16). The zero-order chi connectivity index (χ0) is 12.1. The van der Waals surface area contributed by atoms with Crippen LogP contribution in [0.2, 0.25) is 0 Å². The molecular formula is C14H21N3. The second-order valence-electron chi connectivity index (χ2n) is 4.86. The van der Waals surface area contributed by atoms with Crippen LogP contribution >= 0.6 is 0 Å². The Labute approximate surface area is 103 Å². The van der Waals surface area contributed by atoms with Crippen LogP contribution in [0.4, 0.5) is 0 Å². The summed E-state index contributed by atoms with van der Waals surface area (Å²) in [4.78, 5) is 6.90. The van der Waals surface area contributed by atoms with E-state index in [1.807, 2.05) is 30.3 Å². The fourth-order valence-corrected chi connectivity index (χ4v) is 2.35. The molecule has 1 aromatic carbocycles. The molecule has 0 saturated carbocycles. The van der Waals surface area contributed by atoms with Gasteiger partial charge in [-0.3, -0.25) is 4.99 Å². The maximum Gasteiger partial charge on any atom is 0.125 e. The van der Waals surface area contributed by atoms with Gasteiger partial charge in [0.1, 0.15) is 5.84 Å². The molecule has 3 heteroatoms. The number of likely N-dealkylation sites (tertiary alicyclic amines) is 1. The number of aliphatic imine (C=N–C) groups is 1. The lowest BCUT2D eigenvalue weighted by atomic mass is 9.99. The van der Waals surface area contributed by atoms with Crippen molar-refractivity contribution in [3.8, 4) is 0 Å². The predicted octanol–water partition coefficient (Wildman–Crippen LogP) is 1.73. The van der Waals surface area contributed by atoms with Gasteiger partial charge in [-0.05, 0) is 32.4 Å². The van der Waals surface area contributed by atoms with Crippen molar-refractivity contribution in [2.24, 2.45) is 16.6 Å². The van der Waals surface area contributed by atoms with Crippen molar-refractivity contribution in [1.29, 1.82) is 0 Å². The first kappa shape index (κ1) is 12.1. The summed E-state index contributed by atoms with van der Waals surface area (Å²) in [6.07, 6.45) is 2.55. The Balaban J connectivity index is 1.92. The first-order chi connectivity index (χ1) is 8.25. The van der Waals surface area contributed by atoms with Crippen LogP contribution in [0.25, 0.3) is 0 Å². The van der Waals surface area contributed by atoms with E-state index >= 15 is 0 Å². The molecular weight excluding hydrogens is 210 g/mol. The van der Waals surface area contributed by atoms with Gasteiger partial charge in [-0.15, -0.1) is 0 Å². The summed E-state index contributed by atoms with van der Waals surface area (Å²) in [5, 5.41) is 0. The number of benzene rings is 1. The van der Waals surface area contributed by atoms with Crippen molar-refractivity contribution in [3.63, 3.8) is 0 Å². The van der Waals surface area contributed by atoms with E-state index in [0.717, 1.165) is 18.7 Å². The van der Waals surface area contributed by atoms with Crippen LogP contribution in [0.5, 0.6) is 0 Å². The molecule has 0 aliphatic carbocycles. The fourth-order valence-electron chi connectivity index (χ4n) is 2.35. The Bertz CT molecular complexity index is 372. The van der Waals surface area contributed by atoms with Gasteiger partial charge in [0.2, 0.25) is 0 Å². The summed E-state index contributed by atoms with van der Waals surface area (Å²) in [5.41, 5.74) is 7.01. The quantitative estimate of drug-likeness (QED) is 0.636. The van der Waals surface area contributed by atoms with E-state index in [-0.39, 0.29) is 0 Å². The van der Waals surface area contributed by atoms with E-state index in [9.17, 15) is 0 Å². The van der Waals surface area contributed by atoms with E-state index < -0.39 is 0 Å². The molecule has 2 rings (SSSR count). The van der Waals surface area contributed by atoms with Gasteiger partial charge in [0.15, 0.2) is 0 Å². The maximum absolute atomic E-state index is 5.98. The number of rotatable bonds is 3. The number of nitrogens with two attached hydrogens (primary N) is 1. The van der Waals surface area contributed by atoms with Gasteiger partial charge in [0, 0.05) is 18.7 Å². The molecule has 92 valence electrons. The summed E-state index contributed by atoms with van der Waals surface area (Å²) in [7, 11) is 2.18. The molecule has 1 aliphatic rings. The summed E-state index contributed by atoms with van der Waals surface area (Å²) >= 11 is 0. The highest BCUT2D eigenvalue weighted by Gasteiger charge is 2.16. The average Bonchev–Trinajstić information content (AvgIpc) is 2.37. The van der Waals surface area contributed by atoms with Crippen LogP contribution in [0.3, 0.4) is 0 Å². The van der Waals surface area contributed by atoms with Crippen LogP contribution < -0.4 is 5.73 Å². The zero-order valence-corrected chi connectivity index (χ0v) is 10.5.